The Morgan fingerprint density at radius 2 is 1.71 bits per heavy atom. The van der Waals surface area contributed by atoms with Crippen molar-refractivity contribution in [2.24, 2.45) is 5.41 Å². The van der Waals surface area contributed by atoms with Crippen LogP contribution in [0.25, 0.3) is 0 Å². The summed E-state index contributed by atoms with van der Waals surface area (Å²) in [6, 6.07) is 3.89. The van der Waals surface area contributed by atoms with Gasteiger partial charge in [0.05, 0.1) is 0 Å². The summed E-state index contributed by atoms with van der Waals surface area (Å²) in [5.41, 5.74) is 0.878. The molecule has 0 spiro atoms. The molecule has 1 unspecified atom stereocenters. The summed E-state index contributed by atoms with van der Waals surface area (Å²) in [6.07, 6.45) is 11.3. The fraction of sp³-hybridized carbons (Fsp3) is 0.667. The first-order chi connectivity index (χ1) is 10.1. The maximum absolute atomic E-state index is 12.6. The second-order valence-corrected chi connectivity index (χ2v) is 6.16. The van der Waals surface area contributed by atoms with E-state index in [0.717, 1.165) is 37.7 Å². The first-order valence-electron chi connectivity index (χ1n) is 8.29. The number of hydrogen-bond donors (Lipinski definition) is 1. The predicted molar refractivity (Wildman–Crippen MR) is 87.9 cm³/mol. The molecule has 0 saturated carbocycles. The highest BCUT2D eigenvalue weighted by Crippen LogP contribution is 2.31. The van der Waals surface area contributed by atoms with Crippen molar-refractivity contribution in [1.29, 1.82) is 0 Å². The smallest absolute Gasteiger partial charge is 0.226 e. The fourth-order valence-corrected chi connectivity index (χ4v) is 2.58. The largest absolute Gasteiger partial charge is 0.352 e. The molecule has 1 rings (SSSR count). The van der Waals surface area contributed by atoms with Crippen molar-refractivity contribution in [2.45, 2.75) is 72.3 Å². The average molecular weight is 290 g/mol. The number of hydrogen-bond acceptors (Lipinski definition) is 2. The molecule has 0 aliphatic heterocycles. The van der Waals surface area contributed by atoms with Crippen LogP contribution in [0.4, 0.5) is 0 Å². The van der Waals surface area contributed by atoms with E-state index in [-0.39, 0.29) is 11.3 Å². The molecule has 1 atom stereocenters. The topological polar surface area (TPSA) is 42.0 Å². The van der Waals surface area contributed by atoms with Gasteiger partial charge in [-0.1, -0.05) is 52.9 Å². The maximum atomic E-state index is 12.6. The first-order valence-corrected chi connectivity index (χ1v) is 8.29. The molecule has 1 aromatic heterocycles. The van der Waals surface area contributed by atoms with Gasteiger partial charge in [-0.05, 0) is 30.5 Å². The van der Waals surface area contributed by atoms with E-state index in [1.807, 2.05) is 12.1 Å². The molecule has 1 amide bonds. The van der Waals surface area contributed by atoms with Crippen LogP contribution in [0.15, 0.2) is 24.5 Å². The third-order valence-corrected chi connectivity index (χ3v) is 4.16. The molecule has 1 aromatic rings. The van der Waals surface area contributed by atoms with E-state index >= 15 is 0 Å². The van der Waals surface area contributed by atoms with Gasteiger partial charge in [-0.15, -0.1) is 0 Å². The lowest BCUT2D eigenvalue weighted by Crippen LogP contribution is -2.38. The molecule has 0 aromatic carbocycles. The number of carbonyl (C=O) groups excluding carboxylic acids is 1. The Bertz CT molecular complexity index is 405. The molecule has 0 saturated heterocycles. The second kappa shape index (κ2) is 9.54. The van der Waals surface area contributed by atoms with Crippen LogP contribution in [0, 0.1) is 5.41 Å². The number of nitrogens with zero attached hydrogens (tertiary/aromatic N) is 1. The normalized spacial score (nSPS) is 13.7. The molecule has 0 aliphatic rings. The average Bonchev–Trinajstić information content (AvgIpc) is 2.52. The van der Waals surface area contributed by atoms with Gasteiger partial charge in [-0.25, -0.2) is 0 Å². The van der Waals surface area contributed by atoms with Crippen LogP contribution >= 0.6 is 0 Å². The molecular weight excluding hydrogens is 260 g/mol. The lowest BCUT2D eigenvalue weighted by Gasteiger charge is -2.28. The van der Waals surface area contributed by atoms with Crippen molar-refractivity contribution in [1.82, 2.24) is 10.3 Å². The Balaban J connectivity index is 2.56. The molecule has 0 radical (unpaired) electrons. The van der Waals surface area contributed by atoms with Gasteiger partial charge in [-0.2, -0.15) is 0 Å². The number of pyridine rings is 1. The van der Waals surface area contributed by atoms with Crippen LogP contribution in [0.3, 0.4) is 0 Å². The highest BCUT2D eigenvalue weighted by molar-refractivity contribution is 5.82. The summed E-state index contributed by atoms with van der Waals surface area (Å²) < 4.78 is 0. The zero-order valence-electron chi connectivity index (χ0n) is 13.8. The van der Waals surface area contributed by atoms with Crippen LogP contribution in [0.1, 0.15) is 71.3 Å². The van der Waals surface area contributed by atoms with Crippen LogP contribution < -0.4 is 5.32 Å². The third kappa shape index (κ3) is 6.28. The van der Waals surface area contributed by atoms with Crippen LogP contribution in [-0.4, -0.2) is 10.9 Å². The summed E-state index contributed by atoms with van der Waals surface area (Å²) in [5, 5.41) is 3.11. The maximum Gasteiger partial charge on any atom is 0.226 e. The summed E-state index contributed by atoms with van der Waals surface area (Å²) in [6.45, 7) is 7.10. The van der Waals surface area contributed by atoms with Gasteiger partial charge in [0.1, 0.15) is 0 Å². The monoisotopic (exact) mass is 290 g/mol. The summed E-state index contributed by atoms with van der Waals surface area (Å²) in [5.74, 6) is 0.198. The highest BCUT2D eigenvalue weighted by Gasteiger charge is 2.31. The van der Waals surface area contributed by atoms with Gasteiger partial charge in [-0.3, -0.25) is 9.78 Å². The van der Waals surface area contributed by atoms with Crippen LogP contribution in [-0.2, 0) is 11.3 Å². The molecule has 21 heavy (non-hydrogen) atoms. The molecule has 3 heteroatoms. The number of nitrogens with one attached hydrogen (secondary N) is 1. The minimum Gasteiger partial charge on any atom is -0.352 e. The highest BCUT2D eigenvalue weighted by atomic mass is 16.2. The van der Waals surface area contributed by atoms with Gasteiger partial charge in [0.2, 0.25) is 5.91 Å². The fourth-order valence-electron chi connectivity index (χ4n) is 2.58. The second-order valence-electron chi connectivity index (χ2n) is 6.16. The molecule has 118 valence electrons. The van der Waals surface area contributed by atoms with Crippen molar-refractivity contribution in [3.8, 4) is 0 Å². The van der Waals surface area contributed by atoms with Crippen molar-refractivity contribution >= 4 is 5.91 Å². The Kier molecular flexibility index (Phi) is 8.03. The van der Waals surface area contributed by atoms with Crippen molar-refractivity contribution < 1.29 is 4.79 Å². The lowest BCUT2D eigenvalue weighted by atomic mass is 9.79. The minimum atomic E-state index is -0.224. The first kappa shape index (κ1) is 17.7. The van der Waals surface area contributed by atoms with Crippen molar-refractivity contribution in [2.75, 3.05) is 0 Å². The molecule has 0 bridgehead atoms. The Morgan fingerprint density at radius 3 is 2.33 bits per heavy atom. The molecule has 0 fully saturated rings. The number of rotatable bonds is 10. The molecule has 1 N–H and O–H groups in total. The lowest BCUT2D eigenvalue weighted by molar-refractivity contribution is -0.131. The SMILES string of the molecule is CCCCCC(C)(CCCC)C(=O)NCc1ccncc1. The standard InChI is InChI=1S/C18H30N2O/c1-4-6-8-12-18(3,11-7-5-2)17(21)20-15-16-9-13-19-14-10-16/h9-10,13-14H,4-8,11-12,15H2,1-3H3,(H,20,21). The minimum absolute atomic E-state index is 0.198. The number of aromatic nitrogens is 1. The van der Waals surface area contributed by atoms with Crippen LogP contribution in [0.2, 0.25) is 0 Å². The van der Waals surface area contributed by atoms with Gasteiger partial charge in [0.25, 0.3) is 0 Å². The quantitative estimate of drug-likeness (QED) is 0.646. The third-order valence-electron chi connectivity index (χ3n) is 4.16. The summed E-state index contributed by atoms with van der Waals surface area (Å²) in [4.78, 5) is 16.6. The van der Waals surface area contributed by atoms with E-state index < -0.39 is 0 Å². The van der Waals surface area contributed by atoms with Crippen molar-refractivity contribution in [3.63, 3.8) is 0 Å². The van der Waals surface area contributed by atoms with Crippen molar-refractivity contribution in [3.05, 3.63) is 30.1 Å². The number of amides is 1. The Hall–Kier alpha value is -1.38. The molecule has 0 aliphatic carbocycles. The number of carbonyl (C=O) groups is 1. The van der Waals surface area contributed by atoms with E-state index in [0.29, 0.717) is 6.54 Å². The van der Waals surface area contributed by atoms with E-state index in [1.54, 1.807) is 12.4 Å². The van der Waals surface area contributed by atoms with Gasteiger partial charge in [0, 0.05) is 24.4 Å². The Morgan fingerprint density at radius 1 is 1.10 bits per heavy atom. The zero-order valence-corrected chi connectivity index (χ0v) is 13.8. The van der Waals surface area contributed by atoms with E-state index in [4.69, 9.17) is 0 Å². The summed E-state index contributed by atoms with van der Waals surface area (Å²) >= 11 is 0. The number of unbranched alkanes of at least 4 members (excludes halogenated alkanes) is 3. The molecule has 1 heterocycles. The Labute approximate surface area is 129 Å². The van der Waals surface area contributed by atoms with E-state index in [2.05, 4.69) is 31.1 Å². The van der Waals surface area contributed by atoms with Crippen LogP contribution in [0.5, 0.6) is 0 Å². The predicted octanol–water partition coefficient (Wildman–Crippen LogP) is 4.47. The summed E-state index contributed by atoms with van der Waals surface area (Å²) in [7, 11) is 0. The van der Waals surface area contributed by atoms with Gasteiger partial charge in [0.15, 0.2) is 0 Å². The van der Waals surface area contributed by atoms with Gasteiger partial charge < -0.3 is 5.32 Å². The van der Waals surface area contributed by atoms with E-state index in [9.17, 15) is 4.79 Å². The zero-order chi connectivity index (χ0) is 15.6. The van der Waals surface area contributed by atoms with E-state index in [1.165, 1.54) is 12.8 Å². The molecule has 3 nitrogen and oxygen atoms in total. The molecular formula is C18H30N2O. The van der Waals surface area contributed by atoms with Gasteiger partial charge >= 0.3 is 0 Å².